The van der Waals surface area contributed by atoms with Crippen molar-refractivity contribution >= 4 is 17.7 Å². The van der Waals surface area contributed by atoms with E-state index in [4.69, 9.17) is 9.47 Å². The summed E-state index contributed by atoms with van der Waals surface area (Å²) in [7, 11) is 0. The molecular weight excluding hydrogens is 320 g/mol. The maximum Gasteiger partial charge on any atom is 0.338 e. The second-order valence-corrected chi connectivity index (χ2v) is 6.81. The number of hydrogen-bond acceptors (Lipinski definition) is 4. The Morgan fingerprint density at radius 2 is 1.62 bits per heavy atom. The second-order valence-electron chi connectivity index (χ2n) is 5.78. The zero-order valence-electron chi connectivity index (χ0n) is 14.2. The van der Waals surface area contributed by atoms with E-state index in [-0.39, 0.29) is 18.2 Å². The Kier molecular flexibility index (Phi) is 7.86. The highest BCUT2D eigenvalue weighted by molar-refractivity contribution is 7.98. The number of benzene rings is 2. The molecule has 24 heavy (non-hydrogen) atoms. The molecule has 2 aromatic carbocycles. The fourth-order valence-corrected chi connectivity index (χ4v) is 3.07. The van der Waals surface area contributed by atoms with E-state index in [9.17, 15) is 4.79 Å². The molecule has 0 heterocycles. The van der Waals surface area contributed by atoms with Gasteiger partial charge in [0.15, 0.2) is 0 Å². The van der Waals surface area contributed by atoms with Crippen LogP contribution in [0.3, 0.4) is 0 Å². The van der Waals surface area contributed by atoms with Crippen LogP contribution in [0.25, 0.3) is 0 Å². The molecule has 3 nitrogen and oxygen atoms in total. The average Bonchev–Trinajstić information content (AvgIpc) is 2.61. The van der Waals surface area contributed by atoms with Gasteiger partial charge in [-0.2, -0.15) is 11.8 Å². The van der Waals surface area contributed by atoms with E-state index in [2.05, 4.69) is 12.1 Å². The van der Waals surface area contributed by atoms with E-state index in [1.54, 1.807) is 23.9 Å². The van der Waals surface area contributed by atoms with Crippen LogP contribution in [0.1, 0.15) is 29.8 Å². The topological polar surface area (TPSA) is 35.5 Å². The lowest BCUT2D eigenvalue weighted by atomic mass is 10.2. The Bertz CT molecular complexity index is 599. The summed E-state index contributed by atoms with van der Waals surface area (Å²) in [5, 5.41) is 0. The van der Waals surface area contributed by atoms with Gasteiger partial charge >= 0.3 is 5.97 Å². The van der Waals surface area contributed by atoms with E-state index in [0.29, 0.717) is 17.9 Å². The first-order valence-corrected chi connectivity index (χ1v) is 9.30. The fourth-order valence-electron chi connectivity index (χ4n) is 2.09. The Hall–Kier alpha value is -1.78. The number of thioether (sulfide) groups is 1. The van der Waals surface area contributed by atoms with Gasteiger partial charge in [0.1, 0.15) is 6.10 Å². The minimum atomic E-state index is -0.298. The van der Waals surface area contributed by atoms with Crippen molar-refractivity contribution in [3.8, 4) is 0 Å². The van der Waals surface area contributed by atoms with Crippen molar-refractivity contribution in [1.29, 1.82) is 0 Å². The third-order valence-corrected chi connectivity index (χ3v) is 4.46. The molecule has 1 unspecified atom stereocenters. The predicted molar refractivity (Wildman–Crippen MR) is 99.3 cm³/mol. The third kappa shape index (κ3) is 6.77. The van der Waals surface area contributed by atoms with Crippen molar-refractivity contribution in [2.45, 2.75) is 31.8 Å². The molecule has 0 bridgehead atoms. The summed E-state index contributed by atoms with van der Waals surface area (Å²) < 4.78 is 11.3. The van der Waals surface area contributed by atoms with Gasteiger partial charge in [-0.1, -0.05) is 48.5 Å². The van der Waals surface area contributed by atoms with Gasteiger partial charge in [-0.3, -0.25) is 0 Å². The summed E-state index contributed by atoms with van der Waals surface area (Å²) in [5.74, 6) is 1.30. The lowest BCUT2D eigenvalue weighted by Crippen LogP contribution is -2.27. The van der Waals surface area contributed by atoms with Crippen molar-refractivity contribution in [3.05, 3.63) is 71.8 Å². The molecule has 2 rings (SSSR count). The fraction of sp³-hybridized carbons (Fsp3) is 0.350. The quantitative estimate of drug-likeness (QED) is 0.624. The molecule has 1 atom stereocenters. The first-order chi connectivity index (χ1) is 11.6. The molecule has 0 N–H and O–H groups in total. The lowest BCUT2D eigenvalue weighted by molar-refractivity contribution is -0.0119. The number of ether oxygens (including phenoxy) is 2. The van der Waals surface area contributed by atoms with Crippen molar-refractivity contribution in [3.63, 3.8) is 0 Å². The Balaban J connectivity index is 1.87. The van der Waals surface area contributed by atoms with Crippen molar-refractivity contribution < 1.29 is 14.3 Å². The molecule has 0 aromatic heterocycles. The zero-order valence-corrected chi connectivity index (χ0v) is 15.0. The van der Waals surface area contributed by atoms with Gasteiger partial charge in [-0.05, 0) is 31.5 Å². The molecule has 0 saturated carbocycles. The van der Waals surface area contributed by atoms with Gasteiger partial charge in [0, 0.05) is 11.5 Å². The highest BCUT2D eigenvalue weighted by atomic mass is 32.2. The summed E-state index contributed by atoms with van der Waals surface area (Å²) in [4.78, 5) is 12.2. The summed E-state index contributed by atoms with van der Waals surface area (Å²) >= 11 is 1.75. The van der Waals surface area contributed by atoms with Crippen molar-refractivity contribution in [1.82, 2.24) is 0 Å². The van der Waals surface area contributed by atoms with Crippen LogP contribution in [0.2, 0.25) is 0 Å². The van der Waals surface area contributed by atoms with Gasteiger partial charge in [0.2, 0.25) is 0 Å². The Morgan fingerprint density at radius 1 is 1.00 bits per heavy atom. The van der Waals surface area contributed by atoms with Crippen LogP contribution in [0.5, 0.6) is 0 Å². The molecule has 128 valence electrons. The molecule has 0 spiro atoms. The molecule has 0 amide bonds. The summed E-state index contributed by atoms with van der Waals surface area (Å²) in [6.07, 6.45) is -0.143. The highest BCUT2D eigenvalue weighted by Gasteiger charge is 2.17. The van der Waals surface area contributed by atoms with E-state index >= 15 is 0 Å². The van der Waals surface area contributed by atoms with E-state index < -0.39 is 0 Å². The van der Waals surface area contributed by atoms with Crippen LogP contribution < -0.4 is 0 Å². The van der Waals surface area contributed by atoms with Crippen LogP contribution in [0.4, 0.5) is 0 Å². The molecule has 4 heteroatoms. The smallest absolute Gasteiger partial charge is 0.338 e. The number of carbonyl (C=O) groups excluding carboxylic acids is 1. The van der Waals surface area contributed by atoms with Crippen LogP contribution in [-0.2, 0) is 15.2 Å². The average molecular weight is 344 g/mol. The molecule has 0 aliphatic heterocycles. The summed E-state index contributed by atoms with van der Waals surface area (Å²) in [6, 6.07) is 19.3. The number of carbonyl (C=O) groups is 1. The first-order valence-electron chi connectivity index (χ1n) is 8.14. The predicted octanol–water partition coefficient (Wildman–Crippen LogP) is 4.57. The molecule has 2 aromatic rings. The number of rotatable bonds is 9. The number of esters is 1. The Labute approximate surface area is 148 Å². The minimum Gasteiger partial charge on any atom is -0.455 e. The second kappa shape index (κ2) is 10.2. The summed E-state index contributed by atoms with van der Waals surface area (Å²) in [6.45, 7) is 4.37. The van der Waals surface area contributed by atoms with Gasteiger partial charge in [-0.25, -0.2) is 4.79 Å². The maximum atomic E-state index is 12.2. The monoisotopic (exact) mass is 344 g/mol. The molecule has 0 saturated heterocycles. The molecule has 0 fully saturated rings. The van der Waals surface area contributed by atoms with Gasteiger partial charge in [0.25, 0.3) is 0 Å². The highest BCUT2D eigenvalue weighted by Crippen LogP contribution is 2.16. The SMILES string of the molecule is CC(C)OCC(CSCc1ccccc1)OC(=O)c1ccccc1. The number of hydrogen-bond donors (Lipinski definition) is 0. The summed E-state index contributed by atoms with van der Waals surface area (Å²) in [5.41, 5.74) is 1.83. The van der Waals surface area contributed by atoms with E-state index in [1.807, 2.05) is 50.2 Å². The maximum absolute atomic E-state index is 12.2. The minimum absolute atomic E-state index is 0.113. The lowest BCUT2D eigenvalue weighted by Gasteiger charge is -2.19. The van der Waals surface area contributed by atoms with Crippen molar-refractivity contribution in [2.24, 2.45) is 0 Å². The third-order valence-electron chi connectivity index (χ3n) is 3.31. The van der Waals surface area contributed by atoms with Gasteiger partial charge in [-0.15, -0.1) is 0 Å². The van der Waals surface area contributed by atoms with Gasteiger partial charge in [0.05, 0.1) is 18.3 Å². The normalized spacial score (nSPS) is 12.1. The van der Waals surface area contributed by atoms with Crippen molar-refractivity contribution in [2.75, 3.05) is 12.4 Å². The van der Waals surface area contributed by atoms with Gasteiger partial charge < -0.3 is 9.47 Å². The zero-order chi connectivity index (χ0) is 17.2. The molecular formula is C20H24O3S. The van der Waals surface area contributed by atoms with Crippen LogP contribution in [0.15, 0.2) is 60.7 Å². The van der Waals surface area contributed by atoms with Crippen LogP contribution >= 0.6 is 11.8 Å². The van der Waals surface area contributed by atoms with E-state index in [0.717, 1.165) is 5.75 Å². The molecule has 0 aliphatic carbocycles. The first kappa shape index (κ1) is 18.6. The van der Waals surface area contributed by atoms with Crippen LogP contribution in [-0.4, -0.2) is 30.5 Å². The van der Waals surface area contributed by atoms with E-state index in [1.165, 1.54) is 5.56 Å². The standard InChI is InChI=1S/C20H24O3S/c1-16(2)22-13-19(15-24-14-17-9-5-3-6-10-17)23-20(21)18-11-7-4-8-12-18/h3-12,16,19H,13-15H2,1-2H3. The molecule has 0 aliphatic rings. The van der Waals surface area contributed by atoms with Crippen LogP contribution in [0, 0.1) is 0 Å². The molecule has 0 radical (unpaired) electrons. The largest absolute Gasteiger partial charge is 0.455 e. The Morgan fingerprint density at radius 3 is 2.25 bits per heavy atom.